The fraction of sp³-hybridized carbons (Fsp3) is 0.448. The zero-order chi connectivity index (χ0) is 25.9. The molecule has 2 fully saturated rings. The maximum atomic E-state index is 12.7. The highest BCUT2D eigenvalue weighted by Crippen LogP contribution is 2.34. The lowest BCUT2D eigenvalue weighted by Crippen LogP contribution is -2.28. The van der Waals surface area contributed by atoms with Gasteiger partial charge < -0.3 is 20.1 Å². The fourth-order valence-corrected chi connectivity index (χ4v) is 5.20. The summed E-state index contributed by atoms with van der Waals surface area (Å²) in [6.07, 6.45) is 14.3. The molecule has 1 saturated carbocycles. The third kappa shape index (κ3) is 5.57. The topological polar surface area (TPSA) is 103 Å². The molecule has 198 valence electrons. The molecule has 3 aromatic heterocycles. The Kier molecular flexibility index (Phi) is 7.09. The number of amides is 1. The van der Waals surface area contributed by atoms with Crippen LogP contribution in [0.25, 0.3) is 11.2 Å². The molecular weight excluding hydrogens is 480 g/mol. The van der Waals surface area contributed by atoms with E-state index >= 15 is 0 Å². The molecule has 1 saturated heterocycles. The number of fused-ring (bicyclic) bond motifs is 1. The SMILES string of the molecule is CC1=C(C(=O)NC2CC2)CCC(c2cnn3c(NCCC4CCOCC4)cc(Oc4cccnc4)nc23)=C1. The highest BCUT2D eigenvalue weighted by atomic mass is 16.5. The molecule has 2 aliphatic carbocycles. The lowest BCUT2D eigenvalue weighted by atomic mass is 9.89. The first-order valence-corrected chi connectivity index (χ1v) is 13.6. The number of allylic oxidation sites excluding steroid dienone is 3. The van der Waals surface area contributed by atoms with E-state index in [9.17, 15) is 4.79 Å². The summed E-state index contributed by atoms with van der Waals surface area (Å²) < 4.78 is 13.5. The first-order chi connectivity index (χ1) is 18.6. The quantitative estimate of drug-likeness (QED) is 0.418. The number of nitrogens with zero attached hydrogens (tertiary/aromatic N) is 4. The molecule has 6 rings (SSSR count). The van der Waals surface area contributed by atoms with Gasteiger partial charge in [0.2, 0.25) is 11.8 Å². The Balaban J connectivity index is 1.29. The van der Waals surface area contributed by atoms with Crippen LogP contribution in [0, 0.1) is 5.92 Å². The molecule has 0 radical (unpaired) electrons. The molecule has 3 aliphatic rings. The Morgan fingerprint density at radius 1 is 1.18 bits per heavy atom. The van der Waals surface area contributed by atoms with Crippen molar-refractivity contribution in [1.82, 2.24) is 24.9 Å². The molecule has 2 N–H and O–H groups in total. The zero-order valence-corrected chi connectivity index (χ0v) is 21.8. The van der Waals surface area contributed by atoms with Crippen molar-refractivity contribution in [3.05, 3.63) is 59.6 Å². The smallest absolute Gasteiger partial charge is 0.247 e. The van der Waals surface area contributed by atoms with Crippen LogP contribution in [0.2, 0.25) is 0 Å². The van der Waals surface area contributed by atoms with Crippen molar-refractivity contribution < 1.29 is 14.3 Å². The number of pyridine rings is 1. The molecule has 0 bridgehead atoms. The van der Waals surface area contributed by atoms with Gasteiger partial charge in [0.25, 0.3) is 0 Å². The summed E-state index contributed by atoms with van der Waals surface area (Å²) in [7, 11) is 0. The van der Waals surface area contributed by atoms with Gasteiger partial charge in [-0.05, 0) is 81.1 Å². The van der Waals surface area contributed by atoms with Crippen LogP contribution in [0.1, 0.15) is 57.4 Å². The monoisotopic (exact) mass is 514 g/mol. The predicted molar refractivity (Wildman–Crippen MR) is 145 cm³/mol. The van der Waals surface area contributed by atoms with E-state index in [-0.39, 0.29) is 5.91 Å². The van der Waals surface area contributed by atoms with Gasteiger partial charge in [-0.1, -0.05) is 6.08 Å². The molecule has 1 aliphatic heterocycles. The van der Waals surface area contributed by atoms with Crippen molar-refractivity contribution in [2.75, 3.05) is 25.1 Å². The van der Waals surface area contributed by atoms with Crippen LogP contribution in [0.15, 0.2) is 54.0 Å². The lowest BCUT2D eigenvalue weighted by Gasteiger charge is -2.22. The Hall–Kier alpha value is -3.72. The Labute approximate surface area is 222 Å². The lowest BCUT2D eigenvalue weighted by molar-refractivity contribution is -0.117. The predicted octanol–water partition coefficient (Wildman–Crippen LogP) is 4.92. The molecule has 0 spiro atoms. The molecule has 1 amide bonds. The van der Waals surface area contributed by atoms with E-state index in [1.165, 1.54) is 0 Å². The van der Waals surface area contributed by atoms with Gasteiger partial charge >= 0.3 is 0 Å². The number of rotatable bonds is 9. The number of nitrogens with one attached hydrogen (secondary N) is 2. The number of carbonyl (C=O) groups excluding carboxylic acids is 1. The molecule has 9 nitrogen and oxygen atoms in total. The average Bonchev–Trinajstić information content (AvgIpc) is 3.64. The number of ether oxygens (including phenoxy) is 2. The van der Waals surface area contributed by atoms with Gasteiger partial charge in [0.15, 0.2) is 5.65 Å². The van der Waals surface area contributed by atoms with E-state index in [2.05, 4.69) is 21.7 Å². The second-order valence-electron chi connectivity index (χ2n) is 10.4. The molecular formula is C29H34N6O3. The van der Waals surface area contributed by atoms with Crippen LogP contribution >= 0.6 is 0 Å². The summed E-state index contributed by atoms with van der Waals surface area (Å²) in [5.74, 6) is 2.68. The van der Waals surface area contributed by atoms with Crippen molar-refractivity contribution in [2.24, 2.45) is 5.92 Å². The van der Waals surface area contributed by atoms with E-state index in [0.717, 1.165) is 92.0 Å². The van der Waals surface area contributed by atoms with Crippen LogP contribution in [0.5, 0.6) is 11.6 Å². The summed E-state index contributed by atoms with van der Waals surface area (Å²) in [5, 5.41) is 11.4. The molecule has 3 aromatic rings. The van der Waals surface area contributed by atoms with E-state index in [1.54, 1.807) is 12.4 Å². The number of carbonyl (C=O) groups is 1. The second-order valence-corrected chi connectivity index (χ2v) is 10.4. The van der Waals surface area contributed by atoms with Gasteiger partial charge in [0.05, 0.1) is 12.4 Å². The third-order valence-corrected chi connectivity index (χ3v) is 7.55. The maximum absolute atomic E-state index is 12.7. The van der Waals surface area contributed by atoms with Crippen LogP contribution in [-0.4, -0.2) is 51.3 Å². The van der Waals surface area contributed by atoms with Gasteiger partial charge in [-0.2, -0.15) is 14.6 Å². The molecule has 4 heterocycles. The Morgan fingerprint density at radius 3 is 2.82 bits per heavy atom. The summed E-state index contributed by atoms with van der Waals surface area (Å²) in [4.78, 5) is 21.7. The van der Waals surface area contributed by atoms with Gasteiger partial charge in [-0.25, -0.2) is 0 Å². The number of anilines is 1. The summed E-state index contributed by atoms with van der Waals surface area (Å²) >= 11 is 0. The second kappa shape index (κ2) is 10.9. The fourth-order valence-electron chi connectivity index (χ4n) is 5.20. The van der Waals surface area contributed by atoms with Crippen LogP contribution in [0.4, 0.5) is 5.82 Å². The minimum Gasteiger partial charge on any atom is -0.437 e. The highest BCUT2D eigenvalue weighted by molar-refractivity contribution is 5.97. The largest absolute Gasteiger partial charge is 0.437 e. The number of hydrogen-bond donors (Lipinski definition) is 2. The molecule has 38 heavy (non-hydrogen) atoms. The summed E-state index contributed by atoms with van der Waals surface area (Å²) in [6, 6.07) is 5.94. The van der Waals surface area contributed by atoms with E-state index in [0.29, 0.717) is 30.0 Å². The van der Waals surface area contributed by atoms with Crippen molar-refractivity contribution in [1.29, 1.82) is 0 Å². The zero-order valence-electron chi connectivity index (χ0n) is 21.8. The standard InChI is InChI=1S/C29H34N6O3/c1-19-15-21(4-7-24(19)29(36)33-22-5-6-22)25-18-32-35-26(31-12-8-20-9-13-37-14-10-20)16-27(34-28(25)35)38-23-3-2-11-30-17-23/h2-3,11,15-18,20,22,31H,4-10,12-14H2,1H3,(H,33,36). The van der Waals surface area contributed by atoms with E-state index < -0.39 is 0 Å². The van der Waals surface area contributed by atoms with Gasteiger partial charge in [-0.3, -0.25) is 9.78 Å². The minimum absolute atomic E-state index is 0.0708. The van der Waals surface area contributed by atoms with E-state index in [4.69, 9.17) is 19.6 Å². The van der Waals surface area contributed by atoms with Crippen LogP contribution < -0.4 is 15.4 Å². The normalized spacial score (nSPS) is 18.4. The molecule has 9 heteroatoms. The molecule has 0 atom stereocenters. The molecule has 0 aromatic carbocycles. The van der Waals surface area contributed by atoms with Crippen LogP contribution in [-0.2, 0) is 9.53 Å². The number of hydrogen-bond acceptors (Lipinski definition) is 7. The van der Waals surface area contributed by atoms with Crippen LogP contribution in [0.3, 0.4) is 0 Å². The molecule has 0 unspecified atom stereocenters. The highest BCUT2D eigenvalue weighted by Gasteiger charge is 2.27. The average molecular weight is 515 g/mol. The van der Waals surface area contributed by atoms with E-state index in [1.807, 2.05) is 35.8 Å². The summed E-state index contributed by atoms with van der Waals surface area (Å²) in [5.41, 5.74) is 4.68. The Morgan fingerprint density at radius 2 is 2.05 bits per heavy atom. The van der Waals surface area contributed by atoms with Crippen molar-refractivity contribution in [3.63, 3.8) is 0 Å². The first-order valence-electron chi connectivity index (χ1n) is 13.6. The summed E-state index contributed by atoms with van der Waals surface area (Å²) in [6.45, 7) is 4.54. The number of aromatic nitrogens is 4. The van der Waals surface area contributed by atoms with Crippen molar-refractivity contribution in [3.8, 4) is 11.6 Å². The van der Waals surface area contributed by atoms with Gasteiger partial charge in [0, 0.05) is 49.2 Å². The first kappa shape index (κ1) is 24.6. The third-order valence-electron chi connectivity index (χ3n) is 7.55. The Bertz CT molecular complexity index is 1370. The maximum Gasteiger partial charge on any atom is 0.247 e. The van der Waals surface area contributed by atoms with Crippen molar-refractivity contribution >= 4 is 22.9 Å². The minimum atomic E-state index is 0.0708. The van der Waals surface area contributed by atoms with Crippen molar-refractivity contribution in [2.45, 2.75) is 57.9 Å². The van der Waals surface area contributed by atoms with Gasteiger partial charge in [0.1, 0.15) is 11.6 Å². The van der Waals surface area contributed by atoms with Gasteiger partial charge in [-0.15, -0.1) is 0 Å².